The summed E-state index contributed by atoms with van der Waals surface area (Å²) in [6, 6.07) is 15.6. The number of anilines is 1. The number of nitrogens with one attached hydrogen (secondary N) is 1. The van der Waals surface area contributed by atoms with Gasteiger partial charge in [-0.25, -0.2) is 8.42 Å². The number of carbonyl (C=O) groups excluding carboxylic acids is 1. The number of amides is 1. The maximum absolute atomic E-state index is 12.3. The second kappa shape index (κ2) is 6.95. The molecule has 1 fully saturated rings. The third kappa shape index (κ3) is 3.80. The van der Waals surface area contributed by atoms with Gasteiger partial charge >= 0.3 is 0 Å². The Balaban J connectivity index is 1.70. The van der Waals surface area contributed by atoms with Gasteiger partial charge in [-0.15, -0.1) is 0 Å². The lowest BCUT2D eigenvalue weighted by Gasteiger charge is -2.17. The molecular weight excluding hydrogens is 338 g/mol. The first-order valence-electron chi connectivity index (χ1n) is 7.87. The van der Waals surface area contributed by atoms with Crippen LogP contribution in [0.15, 0.2) is 48.5 Å². The first kappa shape index (κ1) is 17.0. The van der Waals surface area contributed by atoms with Crippen molar-refractivity contribution in [2.75, 3.05) is 16.6 Å². The fraction of sp³-hybridized carbons (Fsp3) is 0.222. The Morgan fingerprint density at radius 2 is 1.96 bits per heavy atom. The van der Waals surface area contributed by atoms with Crippen molar-refractivity contribution in [3.8, 4) is 6.07 Å². The van der Waals surface area contributed by atoms with Crippen LogP contribution in [0.2, 0.25) is 0 Å². The molecule has 0 unspecified atom stereocenters. The average Bonchev–Trinajstić information content (AvgIpc) is 2.99. The van der Waals surface area contributed by atoms with Crippen LogP contribution in [-0.2, 0) is 16.6 Å². The molecule has 1 heterocycles. The first-order chi connectivity index (χ1) is 12.0. The normalized spacial score (nSPS) is 15.6. The van der Waals surface area contributed by atoms with Crippen LogP contribution in [0.5, 0.6) is 0 Å². The Hall–Kier alpha value is -2.85. The highest BCUT2D eigenvalue weighted by Crippen LogP contribution is 2.24. The van der Waals surface area contributed by atoms with Gasteiger partial charge in [0.2, 0.25) is 10.0 Å². The highest BCUT2D eigenvalue weighted by atomic mass is 32.2. The maximum Gasteiger partial charge on any atom is 0.251 e. The molecule has 0 spiro atoms. The van der Waals surface area contributed by atoms with E-state index in [1.807, 2.05) is 6.07 Å². The van der Waals surface area contributed by atoms with E-state index in [0.29, 0.717) is 36.3 Å². The number of nitrogens with zero attached hydrogens (tertiary/aromatic N) is 2. The quantitative estimate of drug-likeness (QED) is 0.908. The van der Waals surface area contributed by atoms with Crippen LogP contribution in [0, 0.1) is 11.3 Å². The number of rotatable bonds is 4. The molecule has 0 radical (unpaired) electrons. The van der Waals surface area contributed by atoms with Crippen LogP contribution in [0.25, 0.3) is 0 Å². The summed E-state index contributed by atoms with van der Waals surface area (Å²) in [5.74, 6) is -0.134. The van der Waals surface area contributed by atoms with Crippen LogP contribution >= 0.6 is 0 Å². The van der Waals surface area contributed by atoms with Gasteiger partial charge in [-0.1, -0.05) is 18.2 Å². The first-order valence-corrected chi connectivity index (χ1v) is 9.48. The zero-order chi connectivity index (χ0) is 17.9. The molecular formula is C18H17N3O3S. The van der Waals surface area contributed by atoms with Crippen molar-refractivity contribution in [1.82, 2.24) is 5.32 Å². The fourth-order valence-electron chi connectivity index (χ4n) is 2.71. The monoisotopic (exact) mass is 355 g/mol. The van der Waals surface area contributed by atoms with Crippen molar-refractivity contribution in [3.05, 3.63) is 65.2 Å². The summed E-state index contributed by atoms with van der Waals surface area (Å²) in [5.41, 5.74) is 2.37. The van der Waals surface area contributed by atoms with E-state index >= 15 is 0 Å². The number of carbonyl (C=O) groups is 1. The lowest BCUT2D eigenvalue weighted by molar-refractivity contribution is 0.0951. The Kier molecular flexibility index (Phi) is 4.72. The van der Waals surface area contributed by atoms with Crippen molar-refractivity contribution in [2.45, 2.75) is 13.0 Å². The van der Waals surface area contributed by atoms with Crippen molar-refractivity contribution in [3.63, 3.8) is 0 Å². The number of hydrogen-bond donors (Lipinski definition) is 1. The van der Waals surface area contributed by atoms with Crippen molar-refractivity contribution in [2.24, 2.45) is 0 Å². The van der Waals surface area contributed by atoms with Crippen LogP contribution < -0.4 is 9.62 Å². The summed E-state index contributed by atoms with van der Waals surface area (Å²) < 4.78 is 25.4. The van der Waals surface area contributed by atoms with Crippen molar-refractivity contribution < 1.29 is 13.2 Å². The largest absolute Gasteiger partial charge is 0.348 e. The molecule has 25 heavy (non-hydrogen) atoms. The second-order valence-corrected chi connectivity index (χ2v) is 7.80. The molecule has 0 aromatic heterocycles. The molecule has 0 atom stereocenters. The van der Waals surface area contributed by atoms with Gasteiger partial charge in [-0.3, -0.25) is 9.10 Å². The van der Waals surface area contributed by atoms with Crippen LogP contribution in [0.4, 0.5) is 5.69 Å². The van der Waals surface area contributed by atoms with Gasteiger partial charge in [0, 0.05) is 18.7 Å². The van der Waals surface area contributed by atoms with Gasteiger partial charge in [-0.2, -0.15) is 5.26 Å². The maximum atomic E-state index is 12.3. The van der Waals surface area contributed by atoms with Gasteiger partial charge in [0.05, 0.1) is 23.1 Å². The molecule has 0 bridgehead atoms. The minimum atomic E-state index is -3.27. The molecule has 0 aliphatic carbocycles. The van der Waals surface area contributed by atoms with Crippen LogP contribution in [0.3, 0.4) is 0 Å². The second-order valence-electron chi connectivity index (χ2n) is 5.78. The summed E-state index contributed by atoms with van der Waals surface area (Å²) in [6.45, 7) is 0.773. The summed E-state index contributed by atoms with van der Waals surface area (Å²) in [7, 11) is -3.27. The highest BCUT2D eigenvalue weighted by molar-refractivity contribution is 7.93. The summed E-state index contributed by atoms with van der Waals surface area (Å²) in [4.78, 5) is 12.3. The zero-order valence-corrected chi connectivity index (χ0v) is 14.3. The summed E-state index contributed by atoms with van der Waals surface area (Å²) >= 11 is 0. The van der Waals surface area contributed by atoms with Gasteiger partial charge < -0.3 is 5.32 Å². The molecule has 0 saturated carbocycles. The van der Waals surface area contributed by atoms with Gasteiger partial charge in [0.1, 0.15) is 0 Å². The van der Waals surface area contributed by atoms with E-state index in [-0.39, 0.29) is 11.7 Å². The number of benzene rings is 2. The summed E-state index contributed by atoms with van der Waals surface area (Å²) in [6.07, 6.45) is 0.595. The zero-order valence-electron chi connectivity index (χ0n) is 13.5. The van der Waals surface area contributed by atoms with Crippen molar-refractivity contribution in [1.29, 1.82) is 5.26 Å². The van der Waals surface area contributed by atoms with Crippen LogP contribution in [-0.4, -0.2) is 26.6 Å². The van der Waals surface area contributed by atoms with E-state index < -0.39 is 10.0 Å². The van der Waals surface area contributed by atoms with Crippen molar-refractivity contribution >= 4 is 21.6 Å². The molecule has 128 valence electrons. The van der Waals surface area contributed by atoms with E-state index in [1.165, 1.54) is 4.31 Å². The van der Waals surface area contributed by atoms with Gasteiger partial charge in [0.15, 0.2) is 0 Å². The molecule has 1 amide bonds. The predicted octanol–water partition coefficient (Wildman–Crippen LogP) is 2.03. The molecule has 7 heteroatoms. The Labute approximate surface area is 146 Å². The van der Waals surface area contributed by atoms with E-state index in [2.05, 4.69) is 5.32 Å². The third-order valence-electron chi connectivity index (χ3n) is 4.03. The molecule has 3 rings (SSSR count). The van der Waals surface area contributed by atoms with Gasteiger partial charge in [0.25, 0.3) is 5.91 Å². The van der Waals surface area contributed by atoms with Gasteiger partial charge in [-0.05, 0) is 42.3 Å². The Morgan fingerprint density at radius 3 is 2.60 bits per heavy atom. The SMILES string of the molecule is N#Cc1ccc(CNC(=O)c2cccc(N3CCCS3(=O)=O)c2)cc1. The highest BCUT2D eigenvalue weighted by Gasteiger charge is 2.28. The minimum absolute atomic E-state index is 0.141. The molecule has 1 aliphatic heterocycles. The molecule has 2 aromatic carbocycles. The lowest BCUT2D eigenvalue weighted by atomic mass is 10.1. The Bertz CT molecular complexity index is 931. The fourth-order valence-corrected chi connectivity index (χ4v) is 4.27. The molecule has 1 saturated heterocycles. The molecule has 1 N–H and O–H groups in total. The Morgan fingerprint density at radius 1 is 1.20 bits per heavy atom. The standard InChI is InChI=1S/C18H17N3O3S/c19-12-14-5-7-15(8-6-14)13-20-18(22)16-3-1-4-17(11-16)21-9-2-10-25(21,23)24/h1,3-8,11H,2,9-10,13H2,(H,20,22). The predicted molar refractivity (Wildman–Crippen MR) is 94.5 cm³/mol. The van der Waals surface area contributed by atoms with Crippen LogP contribution in [0.1, 0.15) is 27.9 Å². The molecule has 2 aromatic rings. The number of sulfonamides is 1. The molecule has 6 nitrogen and oxygen atoms in total. The molecule has 1 aliphatic rings. The topological polar surface area (TPSA) is 90.3 Å². The van der Waals surface area contributed by atoms with E-state index in [1.54, 1.807) is 48.5 Å². The minimum Gasteiger partial charge on any atom is -0.348 e. The smallest absolute Gasteiger partial charge is 0.251 e. The lowest BCUT2D eigenvalue weighted by Crippen LogP contribution is -2.26. The average molecular weight is 355 g/mol. The number of nitriles is 1. The van der Waals surface area contributed by atoms with E-state index in [4.69, 9.17) is 5.26 Å². The van der Waals surface area contributed by atoms with E-state index in [9.17, 15) is 13.2 Å². The van der Waals surface area contributed by atoms with E-state index in [0.717, 1.165) is 5.56 Å². The number of hydrogen-bond acceptors (Lipinski definition) is 4. The third-order valence-corrected chi connectivity index (χ3v) is 5.90. The summed E-state index contributed by atoms with van der Waals surface area (Å²) in [5, 5.41) is 11.6.